The lowest BCUT2D eigenvalue weighted by atomic mass is 9.79. The molecule has 1 N–H and O–H groups in total. The lowest BCUT2D eigenvalue weighted by Gasteiger charge is -2.41. The van der Waals surface area contributed by atoms with Gasteiger partial charge in [0.05, 0.1) is 0 Å². The Hall–Kier alpha value is -0.0800. The Balaban J connectivity index is 1.93. The molecule has 0 aromatic heterocycles. The van der Waals surface area contributed by atoms with Crippen LogP contribution in [-0.4, -0.2) is 37.6 Å². The number of hydrogen-bond donors (Lipinski definition) is 1. The summed E-state index contributed by atoms with van der Waals surface area (Å²) in [5.74, 6) is 0.912. The lowest BCUT2D eigenvalue weighted by Crippen LogP contribution is -2.47. The van der Waals surface area contributed by atoms with Gasteiger partial charge in [0, 0.05) is 19.6 Å². The average Bonchev–Trinajstić information content (AvgIpc) is 2.65. The van der Waals surface area contributed by atoms with E-state index < -0.39 is 0 Å². The highest BCUT2D eigenvalue weighted by atomic mass is 15.1. The molecule has 0 radical (unpaired) electrons. The highest BCUT2D eigenvalue weighted by molar-refractivity contribution is 4.88. The van der Waals surface area contributed by atoms with Crippen molar-refractivity contribution >= 4 is 0 Å². The molecule has 2 aliphatic rings. The summed E-state index contributed by atoms with van der Waals surface area (Å²) in [5, 5.41) is 3.75. The van der Waals surface area contributed by atoms with Crippen LogP contribution in [0.1, 0.15) is 71.6 Å². The second-order valence-electron chi connectivity index (χ2n) is 7.57. The molecular formula is C18H36N2. The normalized spacial score (nSPS) is 28.2. The third-order valence-corrected chi connectivity index (χ3v) is 5.39. The molecule has 0 bridgehead atoms. The van der Waals surface area contributed by atoms with Crippen molar-refractivity contribution in [2.45, 2.75) is 71.6 Å². The predicted molar refractivity (Wildman–Crippen MR) is 88.1 cm³/mol. The average molecular weight is 280 g/mol. The van der Waals surface area contributed by atoms with Gasteiger partial charge in [-0.1, -0.05) is 39.5 Å². The molecule has 118 valence electrons. The maximum atomic E-state index is 3.75. The molecule has 2 rings (SSSR count). The van der Waals surface area contributed by atoms with Crippen LogP contribution in [0.5, 0.6) is 0 Å². The molecule has 2 heteroatoms. The van der Waals surface area contributed by atoms with Crippen LogP contribution >= 0.6 is 0 Å². The van der Waals surface area contributed by atoms with Gasteiger partial charge < -0.3 is 10.2 Å². The summed E-state index contributed by atoms with van der Waals surface area (Å²) in [7, 11) is 0. The Kier molecular flexibility index (Phi) is 6.83. The van der Waals surface area contributed by atoms with E-state index >= 15 is 0 Å². The molecule has 1 atom stereocenters. The Labute approximate surface area is 126 Å². The first kappa shape index (κ1) is 16.3. The number of nitrogens with zero attached hydrogens (tertiary/aromatic N) is 1. The molecule has 1 unspecified atom stereocenters. The van der Waals surface area contributed by atoms with Crippen LogP contribution in [0.4, 0.5) is 0 Å². The van der Waals surface area contributed by atoms with Crippen molar-refractivity contribution in [3.63, 3.8) is 0 Å². The van der Waals surface area contributed by atoms with Gasteiger partial charge in [0.2, 0.25) is 0 Å². The van der Waals surface area contributed by atoms with Crippen LogP contribution < -0.4 is 5.32 Å². The van der Waals surface area contributed by atoms with Crippen LogP contribution in [0.25, 0.3) is 0 Å². The van der Waals surface area contributed by atoms with Crippen molar-refractivity contribution in [2.75, 3.05) is 32.7 Å². The zero-order chi connectivity index (χ0) is 14.3. The van der Waals surface area contributed by atoms with E-state index in [0.29, 0.717) is 5.41 Å². The number of nitrogens with one attached hydrogen (secondary N) is 1. The van der Waals surface area contributed by atoms with Crippen molar-refractivity contribution in [3.8, 4) is 0 Å². The van der Waals surface area contributed by atoms with Crippen molar-refractivity contribution in [1.29, 1.82) is 0 Å². The van der Waals surface area contributed by atoms with Crippen LogP contribution in [0.15, 0.2) is 0 Å². The van der Waals surface area contributed by atoms with Gasteiger partial charge in [-0.25, -0.2) is 0 Å². The minimum Gasteiger partial charge on any atom is -0.316 e. The number of piperidine rings is 1. The van der Waals surface area contributed by atoms with E-state index in [2.05, 4.69) is 24.1 Å². The fourth-order valence-electron chi connectivity index (χ4n) is 4.30. The molecule has 2 fully saturated rings. The fraction of sp³-hybridized carbons (Fsp3) is 1.00. The van der Waals surface area contributed by atoms with Crippen molar-refractivity contribution in [1.82, 2.24) is 10.2 Å². The summed E-state index contributed by atoms with van der Waals surface area (Å²) in [6, 6.07) is 0. The van der Waals surface area contributed by atoms with Gasteiger partial charge in [-0.2, -0.15) is 0 Å². The summed E-state index contributed by atoms with van der Waals surface area (Å²) in [5.41, 5.74) is 0.572. The van der Waals surface area contributed by atoms with Crippen LogP contribution in [-0.2, 0) is 0 Å². The summed E-state index contributed by atoms with van der Waals surface area (Å²) in [6.07, 6.45) is 12.9. The number of hydrogen-bond acceptors (Lipinski definition) is 2. The Bertz CT molecular complexity index is 256. The van der Waals surface area contributed by atoms with Crippen molar-refractivity contribution in [3.05, 3.63) is 0 Å². The standard InChI is InChI=1S/C18H36N2/c1-3-12-19-15-18(10-6-4-5-7-11-18)16-20-13-8-9-17(2)14-20/h17,19H,3-16H2,1-2H3. The van der Waals surface area contributed by atoms with E-state index in [1.807, 2.05) is 0 Å². The van der Waals surface area contributed by atoms with Gasteiger partial charge in [-0.15, -0.1) is 0 Å². The Morgan fingerprint density at radius 2 is 1.85 bits per heavy atom. The first-order chi connectivity index (χ1) is 9.74. The summed E-state index contributed by atoms with van der Waals surface area (Å²) < 4.78 is 0. The zero-order valence-corrected chi connectivity index (χ0v) is 13.9. The molecule has 1 aliphatic carbocycles. The number of rotatable bonds is 6. The summed E-state index contributed by atoms with van der Waals surface area (Å²) >= 11 is 0. The summed E-state index contributed by atoms with van der Waals surface area (Å²) in [4.78, 5) is 2.78. The highest BCUT2D eigenvalue weighted by Gasteiger charge is 2.33. The van der Waals surface area contributed by atoms with Gasteiger partial charge in [0.1, 0.15) is 0 Å². The molecule has 0 aromatic rings. The van der Waals surface area contributed by atoms with Gasteiger partial charge in [-0.3, -0.25) is 0 Å². The molecule has 0 amide bonds. The minimum absolute atomic E-state index is 0.572. The van der Waals surface area contributed by atoms with Gasteiger partial charge in [0.25, 0.3) is 0 Å². The SMILES string of the molecule is CCCNCC1(CN2CCCC(C)C2)CCCCCC1. The second kappa shape index (κ2) is 8.38. The van der Waals surface area contributed by atoms with E-state index in [-0.39, 0.29) is 0 Å². The molecule has 20 heavy (non-hydrogen) atoms. The highest BCUT2D eigenvalue weighted by Crippen LogP contribution is 2.36. The maximum absolute atomic E-state index is 3.75. The Morgan fingerprint density at radius 3 is 2.50 bits per heavy atom. The molecule has 1 heterocycles. The smallest absolute Gasteiger partial charge is 0.00503 e. The van der Waals surface area contributed by atoms with Gasteiger partial charge in [-0.05, 0) is 56.5 Å². The first-order valence-corrected chi connectivity index (χ1v) is 9.17. The summed E-state index contributed by atoms with van der Waals surface area (Å²) in [6.45, 7) is 11.2. The molecule has 1 aliphatic heterocycles. The number of likely N-dealkylation sites (tertiary alicyclic amines) is 1. The van der Waals surface area contributed by atoms with Crippen LogP contribution in [0, 0.1) is 11.3 Å². The van der Waals surface area contributed by atoms with Crippen LogP contribution in [0.3, 0.4) is 0 Å². The topological polar surface area (TPSA) is 15.3 Å². The first-order valence-electron chi connectivity index (χ1n) is 9.17. The molecule has 1 saturated carbocycles. The zero-order valence-electron chi connectivity index (χ0n) is 13.9. The Morgan fingerprint density at radius 1 is 1.10 bits per heavy atom. The lowest BCUT2D eigenvalue weighted by molar-refractivity contribution is 0.0929. The largest absolute Gasteiger partial charge is 0.316 e. The monoisotopic (exact) mass is 280 g/mol. The third kappa shape index (κ3) is 5.04. The van der Waals surface area contributed by atoms with E-state index in [1.165, 1.54) is 90.5 Å². The third-order valence-electron chi connectivity index (χ3n) is 5.39. The molecule has 0 spiro atoms. The van der Waals surface area contributed by atoms with Crippen LogP contribution in [0.2, 0.25) is 0 Å². The fourth-order valence-corrected chi connectivity index (χ4v) is 4.30. The quantitative estimate of drug-likeness (QED) is 0.583. The molecule has 1 saturated heterocycles. The molecule has 2 nitrogen and oxygen atoms in total. The molecular weight excluding hydrogens is 244 g/mol. The minimum atomic E-state index is 0.572. The predicted octanol–water partition coefficient (Wildman–Crippen LogP) is 4.06. The van der Waals surface area contributed by atoms with E-state index in [0.717, 1.165) is 5.92 Å². The van der Waals surface area contributed by atoms with Crippen molar-refractivity contribution in [2.24, 2.45) is 11.3 Å². The van der Waals surface area contributed by atoms with Crippen molar-refractivity contribution < 1.29 is 0 Å². The van der Waals surface area contributed by atoms with E-state index in [9.17, 15) is 0 Å². The van der Waals surface area contributed by atoms with E-state index in [4.69, 9.17) is 0 Å². The molecule has 0 aromatic carbocycles. The van der Waals surface area contributed by atoms with E-state index in [1.54, 1.807) is 0 Å². The maximum Gasteiger partial charge on any atom is 0.00503 e. The van der Waals surface area contributed by atoms with Gasteiger partial charge in [0.15, 0.2) is 0 Å². The van der Waals surface area contributed by atoms with Gasteiger partial charge >= 0.3 is 0 Å². The second-order valence-corrected chi connectivity index (χ2v) is 7.57.